The van der Waals surface area contributed by atoms with Crippen LogP contribution >= 0.6 is 11.3 Å². The third-order valence-corrected chi connectivity index (χ3v) is 3.51. The molecule has 0 bridgehead atoms. The van der Waals surface area contributed by atoms with Crippen molar-refractivity contribution < 1.29 is 5.11 Å². The van der Waals surface area contributed by atoms with E-state index in [0.29, 0.717) is 0 Å². The first-order chi connectivity index (χ1) is 8.19. The Morgan fingerprint density at radius 1 is 1.35 bits per heavy atom. The third kappa shape index (κ3) is 2.94. The van der Waals surface area contributed by atoms with Crippen LogP contribution in [0.3, 0.4) is 0 Å². The second-order valence-electron chi connectivity index (χ2n) is 3.84. The molecule has 0 amide bonds. The Morgan fingerprint density at radius 2 is 2.18 bits per heavy atom. The second kappa shape index (κ2) is 5.15. The summed E-state index contributed by atoms with van der Waals surface area (Å²) in [5.41, 5.74) is 2.15. The SMILES string of the molecule is CCc1nc(/C=C/c2cccc(O)c2)sc1C. The molecule has 2 aromatic rings. The Kier molecular flexibility index (Phi) is 3.59. The Hall–Kier alpha value is -1.61. The van der Waals surface area contributed by atoms with Crippen LogP contribution in [-0.4, -0.2) is 10.1 Å². The van der Waals surface area contributed by atoms with Crippen molar-refractivity contribution >= 4 is 23.5 Å². The van der Waals surface area contributed by atoms with Crippen LogP contribution in [0.25, 0.3) is 12.2 Å². The Morgan fingerprint density at radius 3 is 2.82 bits per heavy atom. The molecule has 0 saturated carbocycles. The molecule has 2 rings (SSSR count). The minimum Gasteiger partial charge on any atom is -0.508 e. The maximum Gasteiger partial charge on any atom is 0.116 e. The molecule has 1 heterocycles. The minimum atomic E-state index is 0.289. The summed E-state index contributed by atoms with van der Waals surface area (Å²) in [6, 6.07) is 7.19. The molecule has 0 atom stereocenters. The monoisotopic (exact) mass is 245 g/mol. The molecule has 0 saturated heterocycles. The average Bonchev–Trinajstić information content (AvgIpc) is 2.67. The highest BCUT2D eigenvalue weighted by atomic mass is 32.1. The number of hydrogen-bond acceptors (Lipinski definition) is 3. The van der Waals surface area contributed by atoms with Gasteiger partial charge in [-0.05, 0) is 37.1 Å². The fourth-order valence-electron chi connectivity index (χ4n) is 1.65. The molecule has 3 heteroatoms. The van der Waals surface area contributed by atoms with Gasteiger partial charge in [0.15, 0.2) is 0 Å². The van der Waals surface area contributed by atoms with E-state index in [4.69, 9.17) is 0 Å². The summed E-state index contributed by atoms with van der Waals surface area (Å²) in [4.78, 5) is 5.82. The van der Waals surface area contributed by atoms with Crippen molar-refractivity contribution in [3.05, 3.63) is 45.4 Å². The fourth-order valence-corrected chi connectivity index (χ4v) is 2.56. The normalized spacial score (nSPS) is 11.2. The van der Waals surface area contributed by atoms with Crippen LogP contribution in [-0.2, 0) is 6.42 Å². The molecule has 2 nitrogen and oxygen atoms in total. The molecule has 88 valence electrons. The van der Waals surface area contributed by atoms with Gasteiger partial charge in [-0.2, -0.15) is 0 Å². The van der Waals surface area contributed by atoms with Crippen LogP contribution in [0.4, 0.5) is 0 Å². The quantitative estimate of drug-likeness (QED) is 0.890. The lowest BCUT2D eigenvalue weighted by Gasteiger charge is -1.93. The maximum atomic E-state index is 9.35. The topological polar surface area (TPSA) is 33.1 Å². The zero-order chi connectivity index (χ0) is 12.3. The highest BCUT2D eigenvalue weighted by molar-refractivity contribution is 7.12. The highest BCUT2D eigenvalue weighted by Gasteiger charge is 2.02. The number of benzene rings is 1. The van der Waals surface area contributed by atoms with Gasteiger partial charge in [-0.3, -0.25) is 0 Å². The average molecular weight is 245 g/mol. The van der Waals surface area contributed by atoms with Gasteiger partial charge in [0.25, 0.3) is 0 Å². The molecule has 0 aliphatic rings. The van der Waals surface area contributed by atoms with Gasteiger partial charge >= 0.3 is 0 Å². The van der Waals surface area contributed by atoms with Crippen LogP contribution in [0.1, 0.15) is 28.1 Å². The lowest BCUT2D eigenvalue weighted by Crippen LogP contribution is -1.81. The number of thiazole rings is 1. The first-order valence-corrected chi connectivity index (χ1v) is 6.44. The number of rotatable bonds is 3. The number of aromatic nitrogens is 1. The molecular formula is C14H15NOS. The van der Waals surface area contributed by atoms with Crippen LogP contribution < -0.4 is 0 Å². The molecule has 0 fully saturated rings. The summed E-state index contributed by atoms with van der Waals surface area (Å²) in [6.07, 6.45) is 4.94. The Bertz CT molecular complexity index is 543. The summed E-state index contributed by atoms with van der Waals surface area (Å²) in [7, 11) is 0. The van der Waals surface area contributed by atoms with Crippen molar-refractivity contribution in [2.24, 2.45) is 0 Å². The predicted molar refractivity (Wildman–Crippen MR) is 73.3 cm³/mol. The van der Waals surface area contributed by atoms with Crippen LogP contribution in [0.2, 0.25) is 0 Å². The van der Waals surface area contributed by atoms with Gasteiger partial charge < -0.3 is 5.11 Å². The number of phenols is 1. The molecule has 0 radical (unpaired) electrons. The Balaban J connectivity index is 2.20. The summed E-state index contributed by atoms with van der Waals surface area (Å²) >= 11 is 1.70. The lowest BCUT2D eigenvalue weighted by molar-refractivity contribution is 0.475. The van der Waals surface area contributed by atoms with Crippen molar-refractivity contribution in [2.45, 2.75) is 20.3 Å². The first-order valence-electron chi connectivity index (χ1n) is 5.62. The van der Waals surface area contributed by atoms with Gasteiger partial charge in [-0.25, -0.2) is 4.98 Å². The van der Waals surface area contributed by atoms with Crippen molar-refractivity contribution in [1.29, 1.82) is 0 Å². The molecule has 0 aliphatic heterocycles. The second-order valence-corrected chi connectivity index (χ2v) is 5.07. The van der Waals surface area contributed by atoms with E-state index in [1.165, 1.54) is 10.6 Å². The van der Waals surface area contributed by atoms with E-state index in [-0.39, 0.29) is 5.75 Å². The van der Waals surface area contributed by atoms with Gasteiger partial charge in [0.1, 0.15) is 10.8 Å². The van der Waals surface area contributed by atoms with Gasteiger partial charge in [-0.15, -0.1) is 11.3 Å². The number of phenolic OH excluding ortho intramolecular Hbond substituents is 1. The lowest BCUT2D eigenvalue weighted by atomic mass is 10.2. The molecule has 0 aliphatic carbocycles. The van der Waals surface area contributed by atoms with E-state index in [9.17, 15) is 5.11 Å². The summed E-state index contributed by atoms with van der Waals surface area (Å²) < 4.78 is 0. The third-order valence-electron chi connectivity index (χ3n) is 2.53. The summed E-state index contributed by atoms with van der Waals surface area (Å²) in [5.74, 6) is 0.289. The van der Waals surface area contributed by atoms with E-state index < -0.39 is 0 Å². The smallest absolute Gasteiger partial charge is 0.116 e. The van der Waals surface area contributed by atoms with Gasteiger partial charge in [0, 0.05) is 4.88 Å². The highest BCUT2D eigenvalue weighted by Crippen LogP contribution is 2.20. The van der Waals surface area contributed by atoms with Crippen molar-refractivity contribution in [3.8, 4) is 5.75 Å². The van der Waals surface area contributed by atoms with Crippen LogP contribution in [0.5, 0.6) is 5.75 Å². The largest absolute Gasteiger partial charge is 0.508 e. The van der Waals surface area contributed by atoms with Crippen molar-refractivity contribution in [2.75, 3.05) is 0 Å². The van der Waals surface area contributed by atoms with E-state index >= 15 is 0 Å². The van der Waals surface area contributed by atoms with Crippen LogP contribution in [0.15, 0.2) is 24.3 Å². The van der Waals surface area contributed by atoms with Gasteiger partial charge in [0.2, 0.25) is 0 Å². The standard InChI is InChI=1S/C14H15NOS/c1-3-13-10(2)17-14(15-13)8-7-11-5-4-6-12(16)9-11/h4-9,16H,3H2,1-2H3/b8-7+. The molecular weight excluding hydrogens is 230 g/mol. The van der Waals surface area contributed by atoms with E-state index in [1.807, 2.05) is 24.3 Å². The Labute approximate surface area is 105 Å². The fraction of sp³-hybridized carbons (Fsp3) is 0.214. The molecule has 1 aromatic carbocycles. The summed E-state index contributed by atoms with van der Waals surface area (Å²) in [6.45, 7) is 4.22. The number of aromatic hydroxyl groups is 1. The molecule has 0 spiro atoms. The molecule has 1 N–H and O–H groups in total. The predicted octanol–water partition coefficient (Wildman–Crippen LogP) is 3.89. The zero-order valence-electron chi connectivity index (χ0n) is 9.97. The first kappa shape index (κ1) is 11.9. The number of aryl methyl sites for hydroxylation is 2. The van der Waals surface area contributed by atoms with Crippen LogP contribution in [0, 0.1) is 6.92 Å². The number of hydrogen-bond donors (Lipinski definition) is 1. The maximum absolute atomic E-state index is 9.35. The molecule has 1 aromatic heterocycles. The van der Waals surface area contributed by atoms with Gasteiger partial charge in [0.05, 0.1) is 5.69 Å². The molecule has 17 heavy (non-hydrogen) atoms. The van der Waals surface area contributed by atoms with E-state index in [2.05, 4.69) is 18.8 Å². The summed E-state index contributed by atoms with van der Waals surface area (Å²) in [5, 5.41) is 10.4. The van der Waals surface area contributed by atoms with Crippen molar-refractivity contribution in [1.82, 2.24) is 4.98 Å². The minimum absolute atomic E-state index is 0.289. The zero-order valence-corrected chi connectivity index (χ0v) is 10.8. The van der Waals surface area contributed by atoms with Crippen molar-refractivity contribution in [3.63, 3.8) is 0 Å². The number of nitrogens with zero attached hydrogens (tertiary/aromatic N) is 1. The van der Waals surface area contributed by atoms with E-state index in [1.54, 1.807) is 23.5 Å². The molecule has 0 unspecified atom stereocenters. The van der Waals surface area contributed by atoms with E-state index in [0.717, 1.165) is 17.0 Å². The van der Waals surface area contributed by atoms with Gasteiger partial charge in [-0.1, -0.05) is 25.1 Å².